The summed E-state index contributed by atoms with van der Waals surface area (Å²) < 4.78 is 42.8. The summed E-state index contributed by atoms with van der Waals surface area (Å²) in [5.41, 5.74) is -9.29. The van der Waals surface area contributed by atoms with Gasteiger partial charge in [0.25, 0.3) is 0 Å². The fourth-order valence-electron chi connectivity index (χ4n) is 10.8. The van der Waals surface area contributed by atoms with Crippen LogP contribution in [-0.4, -0.2) is 118 Å². The van der Waals surface area contributed by atoms with Crippen LogP contribution in [0.1, 0.15) is 106 Å². The maximum Gasteiger partial charge on any atom is 0.407 e. The number of hydrogen-bond acceptors (Lipinski definition) is 16. The van der Waals surface area contributed by atoms with E-state index < -0.39 is 136 Å². The zero-order chi connectivity index (χ0) is 46.3. The number of ether oxygens (including phenoxy) is 7. The van der Waals surface area contributed by atoms with Gasteiger partial charge >= 0.3 is 35.9 Å². The highest BCUT2D eigenvalue weighted by molar-refractivity contribution is 5.96. The first-order valence-corrected chi connectivity index (χ1v) is 20.8. The molecular formula is C45H59NO16. The summed E-state index contributed by atoms with van der Waals surface area (Å²) in [6.45, 7) is 18.0. The lowest BCUT2D eigenvalue weighted by molar-refractivity contribution is -0.347. The van der Waals surface area contributed by atoms with Crippen LogP contribution in [0.5, 0.6) is 0 Å². The predicted octanol–water partition coefficient (Wildman–Crippen LogP) is 3.68. The number of carbonyl (C=O) groups excluding carboxylic acids is 7. The highest BCUT2D eigenvalue weighted by Gasteiger charge is 2.82. The zero-order valence-electron chi connectivity index (χ0n) is 37.3. The molecule has 17 heteroatoms. The van der Waals surface area contributed by atoms with Gasteiger partial charge in [0.2, 0.25) is 0 Å². The number of fused-ring (bicyclic) bond motifs is 4. The van der Waals surface area contributed by atoms with E-state index in [1.54, 1.807) is 73.6 Å². The number of esters is 5. The molecule has 2 saturated carbocycles. The molecule has 0 aromatic heterocycles. The molecule has 1 aromatic rings. The molecule has 1 spiro atoms. The van der Waals surface area contributed by atoms with E-state index in [-0.39, 0.29) is 29.7 Å². The first-order valence-electron chi connectivity index (χ1n) is 20.8. The third-order valence-electron chi connectivity index (χ3n) is 13.5. The second kappa shape index (κ2) is 15.7. The van der Waals surface area contributed by atoms with Gasteiger partial charge in [0.15, 0.2) is 35.3 Å². The highest BCUT2D eigenvalue weighted by Crippen LogP contribution is 2.68. The Bertz CT molecular complexity index is 2070. The first kappa shape index (κ1) is 46.6. The van der Waals surface area contributed by atoms with E-state index >= 15 is 4.79 Å². The van der Waals surface area contributed by atoms with Gasteiger partial charge < -0.3 is 48.7 Å². The highest BCUT2D eigenvalue weighted by atomic mass is 16.6. The number of alkyl carbamates (subject to hydrolysis) is 1. The molecule has 1 aromatic carbocycles. The molecular weight excluding hydrogens is 810 g/mol. The molecule has 1 amide bonds. The number of carbonyl (C=O) groups is 7. The summed E-state index contributed by atoms with van der Waals surface area (Å²) in [5, 5.41) is 26.5. The van der Waals surface area contributed by atoms with Crippen LogP contribution in [-0.2, 0) is 57.1 Å². The van der Waals surface area contributed by atoms with Crippen molar-refractivity contribution in [2.75, 3.05) is 6.61 Å². The van der Waals surface area contributed by atoms with E-state index in [4.69, 9.17) is 33.2 Å². The van der Waals surface area contributed by atoms with Gasteiger partial charge in [-0.05, 0) is 63.3 Å². The Morgan fingerprint density at radius 1 is 0.919 bits per heavy atom. The fourth-order valence-corrected chi connectivity index (χ4v) is 10.8. The largest absolute Gasteiger partial charge is 0.455 e. The molecule has 2 saturated heterocycles. The molecule has 12 atom stereocenters. The van der Waals surface area contributed by atoms with Gasteiger partial charge in [-0.1, -0.05) is 52.8 Å². The molecule has 2 heterocycles. The van der Waals surface area contributed by atoms with Crippen LogP contribution in [0.15, 0.2) is 41.5 Å². The summed E-state index contributed by atoms with van der Waals surface area (Å²) in [6, 6.07) is 6.55. The smallest absolute Gasteiger partial charge is 0.407 e. The van der Waals surface area contributed by atoms with Crippen LogP contribution in [0.4, 0.5) is 4.79 Å². The van der Waals surface area contributed by atoms with E-state index in [2.05, 4.69) is 5.32 Å². The molecule has 2 aliphatic heterocycles. The predicted molar refractivity (Wildman–Crippen MR) is 215 cm³/mol. The Morgan fingerprint density at radius 3 is 2.08 bits per heavy atom. The van der Waals surface area contributed by atoms with E-state index in [1.807, 2.05) is 0 Å². The lowest BCUT2D eigenvalue weighted by Crippen LogP contribution is -2.82. The Kier molecular flexibility index (Phi) is 11.8. The topological polar surface area (TPSA) is 237 Å². The number of Topliss-reactive ketones (excluding diaryl/α,β-unsaturated/α-hetero) is 1. The number of benzene rings is 1. The average Bonchev–Trinajstić information content (AvgIpc) is 3.51. The van der Waals surface area contributed by atoms with Crippen molar-refractivity contribution in [2.45, 2.75) is 155 Å². The molecule has 17 nitrogen and oxygen atoms in total. The Balaban J connectivity index is 1.62. The first-order chi connectivity index (χ1) is 28.5. The van der Waals surface area contributed by atoms with Gasteiger partial charge in [0.1, 0.15) is 17.8 Å². The van der Waals surface area contributed by atoms with Crippen LogP contribution in [0.2, 0.25) is 0 Å². The molecule has 2 bridgehead atoms. The monoisotopic (exact) mass is 869 g/mol. The van der Waals surface area contributed by atoms with E-state index in [0.29, 0.717) is 0 Å². The van der Waals surface area contributed by atoms with Gasteiger partial charge in [-0.2, -0.15) is 0 Å². The van der Waals surface area contributed by atoms with Crippen molar-refractivity contribution in [2.24, 2.45) is 28.1 Å². The van der Waals surface area contributed by atoms with Crippen LogP contribution < -0.4 is 5.32 Å². The van der Waals surface area contributed by atoms with Crippen molar-refractivity contribution in [1.29, 1.82) is 0 Å². The lowest BCUT2D eigenvalue weighted by atomic mass is 9.43. The van der Waals surface area contributed by atoms with Crippen LogP contribution in [0, 0.1) is 28.1 Å². The molecule has 62 heavy (non-hydrogen) atoms. The van der Waals surface area contributed by atoms with E-state index in [0.717, 1.165) is 13.8 Å². The maximum absolute atomic E-state index is 15.6. The SMILES string of the molecule is CC(=O)O[C@H]1C(=O)[C@@]2(C)[C@H]([C@H](OC(=O)c3ccccc3)[C@]34OC(=O)C[C@H]3[C@H](OC(=O)[C@H](O)[C@H](NC(=O)OC(C)(C)C)C(C)(C)C)C(C)=C1C4(C)C)[C@]1(OC(C)=O)CO[C@@H]1C[C@@H]2O. The molecule has 340 valence electrons. The Labute approximate surface area is 360 Å². The van der Waals surface area contributed by atoms with Crippen molar-refractivity contribution in [1.82, 2.24) is 5.32 Å². The number of amides is 1. The summed E-state index contributed by atoms with van der Waals surface area (Å²) in [4.78, 5) is 97.9. The molecule has 3 N–H and O–H groups in total. The van der Waals surface area contributed by atoms with Crippen molar-refractivity contribution < 1.29 is 76.9 Å². The minimum absolute atomic E-state index is 0.0244. The minimum Gasteiger partial charge on any atom is -0.455 e. The second-order valence-corrected chi connectivity index (χ2v) is 20.0. The molecule has 5 aliphatic rings. The van der Waals surface area contributed by atoms with Gasteiger partial charge in [-0.25, -0.2) is 14.4 Å². The normalized spacial score (nSPS) is 34.5. The van der Waals surface area contributed by atoms with Gasteiger partial charge in [-0.15, -0.1) is 0 Å². The number of ketones is 1. The molecule has 4 fully saturated rings. The molecule has 0 unspecified atom stereocenters. The Hall–Kier alpha value is -4.87. The molecule has 3 aliphatic carbocycles. The number of aliphatic hydroxyl groups is 2. The maximum atomic E-state index is 15.6. The number of nitrogens with one attached hydrogen (secondary N) is 1. The van der Waals surface area contributed by atoms with Crippen LogP contribution >= 0.6 is 0 Å². The number of hydrogen-bond donors (Lipinski definition) is 3. The minimum atomic E-state index is -2.15. The van der Waals surface area contributed by atoms with Gasteiger partial charge in [-0.3, -0.25) is 19.2 Å². The Morgan fingerprint density at radius 2 is 1.55 bits per heavy atom. The number of rotatable bonds is 8. The van der Waals surface area contributed by atoms with Gasteiger partial charge in [0.05, 0.1) is 48.0 Å². The number of aliphatic hydroxyl groups excluding tert-OH is 2. The molecule has 6 rings (SSSR count). The van der Waals surface area contributed by atoms with Crippen LogP contribution in [0.3, 0.4) is 0 Å². The summed E-state index contributed by atoms with van der Waals surface area (Å²) in [6.07, 6.45) is -11.4. The van der Waals surface area contributed by atoms with Crippen LogP contribution in [0.25, 0.3) is 0 Å². The van der Waals surface area contributed by atoms with Crippen molar-refractivity contribution in [3.8, 4) is 0 Å². The fraction of sp³-hybridized carbons (Fsp3) is 0.667. The summed E-state index contributed by atoms with van der Waals surface area (Å²) in [5.74, 6) is -8.37. The standard InChI is InChI=1S/C45H59NO16/c1-21-29-32(57-22(2)47)35(52)43(12)26(49)19-27-44(20-56-27,60-23(3)48)33(43)36(59-37(53)24-16-14-13-15-17-24)45(42(29,10)11)25(18-28(50)61-45)31(21)58-38(54)30(51)34(40(4,5)6)46-39(55)62-41(7,8)9/h13-17,25-27,30-34,36,49,51H,18-20H2,1-12H3,(H,46,55)/t25-,26-,27+,30+,31+,32+,33-,34-,36-,43+,44-,45+/m0/s1. The molecule has 0 radical (unpaired) electrons. The average molecular weight is 870 g/mol. The quantitative estimate of drug-likeness (QED) is 0.192. The van der Waals surface area contributed by atoms with Crippen molar-refractivity contribution in [3.05, 3.63) is 47.0 Å². The van der Waals surface area contributed by atoms with Crippen molar-refractivity contribution >= 4 is 41.7 Å². The summed E-state index contributed by atoms with van der Waals surface area (Å²) in [7, 11) is 0. The third-order valence-corrected chi connectivity index (χ3v) is 13.5. The van der Waals surface area contributed by atoms with Crippen molar-refractivity contribution in [3.63, 3.8) is 0 Å². The third kappa shape index (κ3) is 7.46. The zero-order valence-corrected chi connectivity index (χ0v) is 37.3. The van der Waals surface area contributed by atoms with E-state index in [1.165, 1.54) is 26.0 Å². The van der Waals surface area contributed by atoms with Gasteiger partial charge in [0, 0.05) is 25.7 Å². The van der Waals surface area contributed by atoms with E-state index in [9.17, 15) is 39.0 Å². The lowest BCUT2D eigenvalue weighted by Gasteiger charge is -2.68. The summed E-state index contributed by atoms with van der Waals surface area (Å²) >= 11 is 0. The second-order valence-electron chi connectivity index (χ2n) is 20.0.